The first kappa shape index (κ1) is 15.3. The molecule has 0 spiro atoms. The van der Waals surface area contributed by atoms with Gasteiger partial charge in [0.1, 0.15) is 11.0 Å². The summed E-state index contributed by atoms with van der Waals surface area (Å²) in [5.74, 6) is 0.487. The minimum atomic E-state index is -0.0897. The quantitative estimate of drug-likeness (QED) is 0.826. The molecule has 20 heavy (non-hydrogen) atoms. The topological polar surface area (TPSA) is 45.2 Å². The Morgan fingerprint density at radius 2 is 2.25 bits per heavy atom. The molecule has 2 heterocycles. The standard InChI is InChI=1S/C13H13BrClN3OS/c1-16-12-5-9(4-11(15)17-12)13(19)18(2)6-8-3-10(14)20-7-8/h3-5,7H,6H2,1-2H3,(H,16,17). The highest BCUT2D eigenvalue weighted by Crippen LogP contribution is 2.22. The van der Waals surface area contributed by atoms with Gasteiger partial charge in [-0.1, -0.05) is 11.6 Å². The van der Waals surface area contributed by atoms with Gasteiger partial charge in [0, 0.05) is 26.2 Å². The predicted molar refractivity (Wildman–Crippen MR) is 86.6 cm³/mol. The second-order valence-corrected chi connectivity index (χ2v) is 6.91. The zero-order valence-corrected chi connectivity index (χ0v) is 14.1. The Kier molecular flexibility index (Phi) is 5.01. The molecule has 0 aliphatic rings. The van der Waals surface area contributed by atoms with Gasteiger partial charge in [0.15, 0.2) is 0 Å². The third-order valence-corrected chi connectivity index (χ3v) is 4.43. The lowest BCUT2D eigenvalue weighted by molar-refractivity contribution is 0.0785. The van der Waals surface area contributed by atoms with E-state index in [2.05, 4.69) is 26.2 Å². The van der Waals surface area contributed by atoms with E-state index in [4.69, 9.17) is 11.6 Å². The van der Waals surface area contributed by atoms with Gasteiger partial charge in [-0.2, -0.15) is 0 Å². The highest BCUT2D eigenvalue weighted by Gasteiger charge is 2.14. The average molecular weight is 375 g/mol. The molecule has 1 N–H and O–H groups in total. The average Bonchev–Trinajstić information content (AvgIpc) is 2.82. The first-order chi connectivity index (χ1) is 9.49. The number of hydrogen-bond acceptors (Lipinski definition) is 4. The molecule has 0 bridgehead atoms. The first-order valence-corrected chi connectivity index (χ1v) is 7.88. The highest BCUT2D eigenvalue weighted by atomic mass is 79.9. The number of carbonyl (C=O) groups excluding carboxylic acids is 1. The van der Waals surface area contributed by atoms with Crippen molar-refractivity contribution in [3.05, 3.63) is 43.6 Å². The molecule has 0 saturated carbocycles. The molecule has 0 unspecified atom stereocenters. The minimum Gasteiger partial charge on any atom is -0.373 e. The summed E-state index contributed by atoms with van der Waals surface area (Å²) in [5.41, 5.74) is 1.61. The van der Waals surface area contributed by atoms with Crippen LogP contribution < -0.4 is 5.32 Å². The molecule has 4 nitrogen and oxygen atoms in total. The number of hydrogen-bond donors (Lipinski definition) is 1. The number of thiophene rings is 1. The van der Waals surface area contributed by atoms with Crippen LogP contribution in [0.3, 0.4) is 0 Å². The maximum absolute atomic E-state index is 12.4. The van der Waals surface area contributed by atoms with Crippen LogP contribution in [0.15, 0.2) is 27.4 Å². The SMILES string of the molecule is CNc1cc(C(=O)N(C)Cc2csc(Br)c2)cc(Cl)n1. The third kappa shape index (κ3) is 3.71. The number of nitrogens with zero attached hydrogens (tertiary/aromatic N) is 2. The summed E-state index contributed by atoms with van der Waals surface area (Å²) in [6.45, 7) is 0.551. The smallest absolute Gasteiger partial charge is 0.254 e. The lowest BCUT2D eigenvalue weighted by atomic mass is 10.2. The van der Waals surface area contributed by atoms with Crippen LogP contribution in [0.4, 0.5) is 5.82 Å². The van der Waals surface area contributed by atoms with Crippen molar-refractivity contribution in [1.29, 1.82) is 0 Å². The molecular weight excluding hydrogens is 362 g/mol. The number of nitrogens with one attached hydrogen (secondary N) is 1. The Balaban J connectivity index is 2.15. The fourth-order valence-corrected chi connectivity index (χ4v) is 3.15. The zero-order valence-electron chi connectivity index (χ0n) is 11.0. The van der Waals surface area contributed by atoms with E-state index >= 15 is 0 Å². The maximum Gasteiger partial charge on any atom is 0.254 e. The Hall–Kier alpha value is -1.11. The Bertz CT molecular complexity index is 632. The largest absolute Gasteiger partial charge is 0.373 e. The Morgan fingerprint density at radius 3 is 2.85 bits per heavy atom. The summed E-state index contributed by atoms with van der Waals surface area (Å²) in [4.78, 5) is 18.1. The summed E-state index contributed by atoms with van der Waals surface area (Å²) in [6.07, 6.45) is 0. The molecule has 0 saturated heterocycles. The van der Waals surface area contributed by atoms with Crippen molar-refractivity contribution >= 4 is 50.6 Å². The van der Waals surface area contributed by atoms with E-state index in [0.717, 1.165) is 9.35 Å². The van der Waals surface area contributed by atoms with E-state index in [1.807, 2.05) is 11.4 Å². The van der Waals surface area contributed by atoms with Crippen LogP contribution in [-0.4, -0.2) is 29.9 Å². The summed E-state index contributed by atoms with van der Waals surface area (Å²) in [5, 5.41) is 5.20. The van der Waals surface area contributed by atoms with E-state index in [1.165, 1.54) is 0 Å². The van der Waals surface area contributed by atoms with Gasteiger partial charge in [-0.25, -0.2) is 4.98 Å². The van der Waals surface area contributed by atoms with Crippen LogP contribution in [0.2, 0.25) is 5.15 Å². The van der Waals surface area contributed by atoms with Gasteiger partial charge in [-0.15, -0.1) is 11.3 Å². The zero-order chi connectivity index (χ0) is 14.7. The molecule has 0 aromatic carbocycles. The molecule has 2 rings (SSSR count). The van der Waals surface area contributed by atoms with E-state index < -0.39 is 0 Å². The number of halogens is 2. The van der Waals surface area contributed by atoms with E-state index in [-0.39, 0.29) is 5.91 Å². The number of anilines is 1. The minimum absolute atomic E-state index is 0.0897. The second-order valence-electron chi connectivity index (χ2n) is 4.23. The normalized spacial score (nSPS) is 10.4. The molecule has 1 amide bonds. The second kappa shape index (κ2) is 6.56. The first-order valence-electron chi connectivity index (χ1n) is 5.83. The van der Waals surface area contributed by atoms with Crippen molar-refractivity contribution in [3.8, 4) is 0 Å². The van der Waals surface area contributed by atoms with Gasteiger partial charge in [-0.05, 0) is 45.1 Å². The summed E-state index contributed by atoms with van der Waals surface area (Å²) in [7, 11) is 3.50. The Labute approximate surface area is 134 Å². The van der Waals surface area contributed by atoms with Gasteiger partial charge >= 0.3 is 0 Å². The van der Waals surface area contributed by atoms with Gasteiger partial charge < -0.3 is 10.2 Å². The molecule has 2 aromatic rings. The van der Waals surface area contributed by atoms with Gasteiger partial charge in [0.05, 0.1) is 3.79 Å². The number of rotatable bonds is 4. The number of pyridine rings is 1. The highest BCUT2D eigenvalue weighted by molar-refractivity contribution is 9.11. The molecule has 106 valence electrons. The molecule has 0 aliphatic carbocycles. The molecule has 0 atom stereocenters. The lowest BCUT2D eigenvalue weighted by Gasteiger charge is -2.17. The molecule has 0 radical (unpaired) electrons. The van der Waals surface area contributed by atoms with E-state index in [1.54, 1.807) is 42.5 Å². The van der Waals surface area contributed by atoms with Crippen molar-refractivity contribution in [2.75, 3.05) is 19.4 Å². The van der Waals surface area contributed by atoms with Crippen molar-refractivity contribution in [1.82, 2.24) is 9.88 Å². The van der Waals surface area contributed by atoms with E-state index in [9.17, 15) is 4.79 Å². The lowest BCUT2D eigenvalue weighted by Crippen LogP contribution is -2.26. The van der Waals surface area contributed by atoms with Crippen LogP contribution in [0.1, 0.15) is 15.9 Å². The molecule has 0 aliphatic heterocycles. The monoisotopic (exact) mass is 373 g/mol. The number of amides is 1. The summed E-state index contributed by atoms with van der Waals surface area (Å²) < 4.78 is 1.05. The van der Waals surface area contributed by atoms with Crippen molar-refractivity contribution < 1.29 is 4.79 Å². The molecule has 7 heteroatoms. The molecule has 2 aromatic heterocycles. The summed E-state index contributed by atoms with van der Waals surface area (Å²) in [6, 6.07) is 5.27. The fourth-order valence-electron chi connectivity index (χ4n) is 1.74. The number of carbonyl (C=O) groups is 1. The molecular formula is C13H13BrClN3OS. The third-order valence-electron chi connectivity index (χ3n) is 2.69. The molecule has 0 fully saturated rings. The van der Waals surface area contributed by atoms with Crippen LogP contribution >= 0.6 is 38.9 Å². The van der Waals surface area contributed by atoms with Crippen LogP contribution in [0, 0.1) is 0 Å². The van der Waals surface area contributed by atoms with Gasteiger partial charge in [0.25, 0.3) is 5.91 Å². The van der Waals surface area contributed by atoms with Gasteiger partial charge in [-0.3, -0.25) is 4.79 Å². The van der Waals surface area contributed by atoms with Crippen molar-refractivity contribution in [2.24, 2.45) is 0 Å². The number of aromatic nitrogens is 1. The van der Waals surface area contributed by atoms with E-state index in [0.29, 0.717) is 23.1 Å². The van der Waals surface area contributed by atoms with Crippen LogP contribution in [-0.2, 0) is 6.54 Å². The van der Waals surface area contributed by atoms with Crippen molar-refractivity contribution in [3.63, 3.8) is 0 Å². The maximum atomic E-state index is 12.4. The Morgan fingerprint density at radius 1 is 1.50 bits per heavy atom. The van der Waals surface area contributed by atoms with Gasteiger partial charge in [0.2, 0.25) is 0 Å². The van der Waals surface area contributed by atoms with Crippen molar-refractivity contribution in [2.45, 2.75) is 6.54 Å². The predicted octanol–water partition coefficient (Wildman–Crippen LogP) is 3.87. The van der Waals surface area contributed by atoms with Crippen LogP contribution in [0.25, 0.3) is 0 Å². The summed E-state index contributed by atoms with van der Waals surface area (Å²) >= 11 is 10.9. The van der Waals surface area contributed by atoms with Crippen LogP contribution in [0.5, 0.6) is 0 Å². The fraction of sp³-hybridized carbons (Fsp3) is 0.231.